The van der Waals surface area contributed by atoms with Crippen LogP contribution >= 0.6 is 0 Å². The quantitative estimate of drug-likeness (QED) is 0.714. The van der Waals surface area contributed by atoms with Crippen LogP contribution in [0.15, 0.2) is 0 Å². The zero-order valence-corrected chi connectivity index (χ0v) is 11.7. The molecule has 2 bridgehead atoms. The Morgan fingerprint density at radius 2 is 2.00 bits per heavy atom. The molecule has 3 atom stereocenters. The van der Waals surface area contributed by atoms with Crippen LogP contribution in [-0.2, 0) is 4.79 Å². The zero-order valence-electron chi connectivity index (χ0n) is 11.7. The molecule has 3 unspecified atom stereocenters. The first-order valence-corrected chi connectivity index (χ1v) is 7.16. The van der Waals surface area contributed by atoms with Gasteiger partial charge in [-0.2, -0.15) is 0 Å². The molecule has 2 rings (SSSR count). The van der Waals surface area contributed by atoms with Crippen molar-refractivity contribution in [1.82, 2.24) is 10.6 Å². The average molecular weight is 268 g/mol. The highest BCUT2D eigenvalue weighted by Crippen LogP contribution is 2.44. The topological polar surface area (TPSA) is 78.4 Å². The minimum atomic E-state index is -0.830. The van der Waals surface area contributed by atoms with Crippen molar-refractivity contribution in [3.8, 4) is 0 Å². The highest BCUT2D eigenvalue weighted by Gasteiger charge is 2.40. The maximum Gasteiger partial charge on any atom is 0.315 e. The lowest BCUT2D eigenvalue weighted by atomic mass is 9.95. The van der Waals surface area contributed by atoms with Gasteiger partial charge in [-0.25, -0.2) is 4.79 Å². The molecular weight excluding hydrogens is 244 g/mol. The van der Waals surface area contributed by atoms with Gasteiger partial charge in [-0.3, -0.25) is 4.79 Å². The lowest BCUT2D eigenvalue weighted by Gasteiger charge is -2.29. The zero-order chi connectivity index (χ0) is 14.0. The summed E-state index contributed by atoms with van der Waals surface area (Å²) in [6.45, 7) is 3.71. The third-order valence-corrected chi connectivity index (χ3v) is 4.47. The summed E-state index contributed by atoms with van der Waals surface area (Å²) in [6, 6.07) is 0.155. The third-order valence-electron chi connectivity index (χ3n) is 4.47. The molecule has 2 fully saturated rings. The number of hydrogen-bond donors (Lipinski definition) is 3. The van der Waals surface area contributed by atoms with Crippen LogP contribution in [0.3, 0.4) is 0 Å². The number of fused-ring (bicyclic) bond motifs is 2. The number of aliphatic carboxylic acids is 1. The van der Waals surface area contributed by atoms with Crippen molar-refractivity contribution >= 4 is 12.0 Å². The molecule has 0 spiro atoms. The fraction of sp³-hybridized carbons (Fsp3) is 0.857. The number of carbonyl (C=O) groups excluding carboxylic acids is 1. The van der Waals surface area contributed by atoms with Crippen molar-refractivity contribution in [2.45, 2.75) is 64.0 Å². The van der Waals surface area contributed by atoms with Gasteiger partial charge in [-0.1, -0.05) is 6.42 Å². The number of amides is 2. The first-order valence-electron chi connectivity index (χ1n) is 7.16. The van der Waals surface area contributed by atoms with Gasteiger partial charge in [0.1, 0.15) is 0 Å². The van der Waals surface area contributed by atoms with Gasteiger partial charge in [0.05, 0.1) is 0 Å². The van der Waals surface area contributed by atoms with Crippen molar-refractivity contribution in [2.75, 3.05) is 0 Å². The van der Waals surface area contributed by atoms with Crippen molar-refractivity contribution in [3.05, 3.63) is 0 Å². The van der Waals surface area contributed by atoms with Crippen LogP contribution in [0.2, 0.25) is 0 Å². The molecule has 2 aliphatic rings. The van der Waals surface area contributed by atoms with Crippen molar-refractivity contribution in [2.24, 2.45) is 11.8 Å². The first kappa shape index (κ1) is 14.2. The predicted molar refractivity (Wildman–Crippen MR) is 71.9 cm³/mol. The monoisotopic (exact) mass is 268 g/mol. The Morgan fingerprint density at radius 3 is 2.53 bits per heavy atom. The van der Waals surface area contributed by atoms with Crippen molar-refractivity contribution in [1.29, 1.82) is 0 Å². The summed E-state index contributed by atoms with van der Waals surface area (Å²) in [5.74, 6) is 0.622. The number of urea groups is 1. The fourth-order valence-electron chi connectivity index (χ4n) is 3.42. The van der Waals surface area contributed by atoms with E-state index in [1.54, 1.807) is 0 Å². The van der Waals surface area contributed by atoms with E-state index in [2.05, 4.69) is 10.6 Å². The van der Waals surface area contributed by atoms with Gasteiger partial charge >= 0.3 is 12.0 Å². The van der Waals surface area contributed by atoms with E-state index >= 15 is 0 Å². The summed E-state index contributed by atoms with van der Waals surface area (Å²) in [4.78, 5) is 22.5. The largest absolute Gasteiger partial charge is 0.481 e. The van der Waals surface area contributed by atoms with Crippen molar-refractivity contribution < 1.29 is 14.7 Å². The second kappa shape index (κ2) is 5.39. The highest BCUT2D eigenvalue weighted by atomic mass is 16.4. The van der Waals surface area contributed by atoms with Gasteiger partial charge in [-0.15, -0.1) is 0 Å². The van der Waals surface area contributed by atoms with E-state index in [9.17, 15) is 9.59 Å². The second-order valence-corrected chi connectivity index (χ2v) is 6.66. The molecule has 5 heteroatoms. The Kier molecular flexibility index (Phi) is 4.02. The van der Waals surface area contributed by atoms with Gasteiger partial charge in [-0.05, 0) is 51.4 Å². The molecule has 2 aliphatic carbocycles. The Bertz CT molecular complexity index is 368. The Morgan fingerprint density at radius 1 is 1.26 bits per heavy atom. The van der Waals surface area contributed by atoms with E-state index in [0.717, 1.165) is 12.3 Å². The smallest absolute Gasteiger partial charge is 0.315 e. The van der Waals surface area contributed by atoms with Crippen LogP contribution < -0.4 is 10.6 Å². The van der Waals surface area contributed by atoms with E-state index in [-0.39, 0.29) is 12.5 Å². The predicted octanol–water partition coefficient (Wildman–Crippen LogP) is 2.12. The summed E-state index contributed by atoms with van der Waals surface area (Å²) < 4.78 is 0. The van der Waals surface area contributed by atoms with E-state index in [4.69, 9.17) is 5.11 Å². The highest BCUT2D eigenvalue weighted by molar-refractivity contribution is 5.75. The van der Waals surface area contributed by atoms with Crippen LogP contribution in [0, 0.1) is 11.8 Å². The molecule has 2 amide bonds. The fourth-order valence-corrected chi connectivity index (χ4v) is 3.42. The van der Waals surface area contributed by atoms with Gasteiger partial charge in [0, 0.05) is 18.0 Å². The van der Waals surface area contributed by atoms with E-state index in [1.165, 1.54) is 19.3 Å². The van der Waals surface area contributed by atoms with E-state index in [1.807, 2.05) is 13.8 Å². The third kappa shape index (κ3) is 3.85. The maximum absolute atomic E-state index is 12.0. The van der Waals surface area contributed by atoms with Crippen LogP contribution in [0.25, 0.3) is 0 Å². The molecule has 0 aromatic heterocycles. The lowest BCUT2D eigenvalue weighted by molar-refractivity contribution is -0.137. The Labute approximate surface area is 114 Å². The lowest BCUT2D eigenvalue weighted by Crippen LogP contribution is -2.52. The molecule has 0 heterocycles. The molecular formula is C14H24N2O3. The number of rotatable bonds is 5. The second-order valence-electron chi connectivity index (χ2n) is 6.66. The molecule has 19 heavy (non-hydrogen) atoms. The molecule has 0 radical (unpaired) electrons. The van der Waals surface area contributed by atoms with Gasteiger partial charge in [0.15, 0.2) is 0 Å². The van der Waals surface area contributed by atoms with Crippen LogP contribution in [-0.4, -0.2) is 28.7 Å². The standard InChI is InChI=1S/C14H24N2O3/c1-14(2,6-5-12(17)18)16-13(19)15-11-8-9-3-4-10(11)7-9/h9-11H,3-8H2,1-2H3,(H,17,18)(H2,15,16,19). The van der Waals surface area contributed by atoms with E-state index in [0.29, 0.717) is 18.4 Å². The number of carboxylic acid groups (broad SMARTS) is 1. The van der Waals surface area contributed by atoms with E-state index < -0.39 is 11.5 Å². The molecule has 5 nitrogen and oxygen atoms in total. The number of hydrogen-bond acceptors (Lipinski definition) is 2. The van der Waals surface area contributed by atoms with Crippen molar-refractivity contribution in [3.63, 3.8) is 0 Å². The van der Waals surface area contributed by atoms with Crippen LogP contribution in [0.1, 0.15) is 52.4 Å². The average Bonchev–Trinajstić information content (AvgIpc) is 2.87. The number of carbonyl (C=O) groups is 2. The summed E-state index contributed by atoms with van der Waals surface area (Å²) in [5, 5.41) is 14.6. The minimum Gasteiger partial charge on any atom is -0.481 e. The van der Waals surface area contributed by atoms with Crippen LogP contribution in [0.5, 0.6) is 0 Å². The molecule has 3 N–H and O–H groups in total. The summed E-state index contributed by atoms with van der Waals surface area (Å²) in [5.41, 5.74) is -0.486. The molecule has 0 aromatic rings. The summed E-state index contributed by atoms with van der Waals surface area (Å²) in [6.07, 6.45) is 5.42. The van der Waals surface area contributed by atoms with Gasteiger partial charge in [0.2, 0.25) is 0 Å². The van der Waals surface area contributed by atoms with Gasteiger partial charge < -0.3 is 15.7 Å². The number of carboxylic acids is 1. The molecule has 0 aliphatic heterocycles. The molecule has 0 aromatic carbocycles. The first-order chi connectivity index (χ1) is 8.85. The summed E-state index contributed by atoms with van der Waals surface area (Å²) >= 11 is 0. The molecule has 0 saturated heterocycles. The Hall–Kier alpha value is -1.26. The SMILES string of the molecule is CC(C)(CCC(=O)O)NC(=O)NC1CC2CCC1C2. The molecule has 2 saturated carbocycles. The Balaban J connectivity index is 1.75. The molecule has 108 valence electrons. The van der Waals surface area contributed by atoms with Gasteiger partial charge in [0.25, 0.3) is 0 Å². The number of nitrogens with one attached hydrogen (secondary N) is 2. The maximum atomic E-state index is 12.0. The van der Waals surface area contributed by atoms with Crippen LogP contribution in [0.4, 0.5) is 4.79 Å². The normalized spacial score (nSPS) is 29.3. The summed E-state index contributed by atoms with van der Waals surface area (Å²) in [7, 11) is 0. The minimum absolute atomic E-state index is 0.0708.